The van der Waals surface area contributed by atoms with Crippen LogP contribution in [0, 0.1) is 0 Å². The minimum Gasteiger partial charge on any atom is -0.494 e. The fourth-order valence-electron chi connectivity index (χ4n) is 2.70. The SMILES string of the molecule is CN(C)CCCOc1ccc(-c2coc(CSCCOc3ccccc3)n2)cc1. The standard InChI is InChI=1S/C23H28N2O3S/c1-25(2)13-6-14-26-21-11-9-19(10-12-21)22-17-28-23(24-22)18-29-16-15-27-20-7-4-3-5-8-20/h3-5,7-12,17H,6,13-16,18H2,1-2H3. The highest BCUT2D eigenvalue weighted by molar-refractivity contribution is 7.98. The van der Waals surface area contributed by atoms with E-state index in [0.717, 1.165) is 59.7 Å². The summed E-state index contributed by atoms with van der Waals surface area (Å²) in [6, 6.07) is 17.9. The van der Waals surface area contributed by atoms with Gasteiger partial charge in [-0.3, -0.25) is 0 Å². The number of aromatic nitrogens is 1. The number of thioether (sulfide) groups is 1. The van der Waals surface area contributed by atoms with Gasteiger partial charge in [0.2, 0.25) is 5.89 Å². The lowest BCUT2D eigenvalue weighted by molar-refractivity contribution is 0.281. The van der Waals surface area contributed by atoms with Crippen LogP contribution in [-0.2, 0) is 5.75 Å². The molecule has 6 heteroatoms. The molecule has 0 N–H and O–H groups in total. The molecule has 0 saturated carbocycles. The third-order valence-corrected chi connectivity index (χ3v) is 5.09. The van der Waals surface area contributed by atoms with Crippen LogP contribution in [0.4, 0.5) is 0 Å². The topological polar surface area (TPSA) is 47.7 Å². The molecule has 0 fully saturated rings. The van der Waals surface area contributed by atoms with Crippen molar-refractivity contribution in [2.24, 2.45) is 0 Å². The second-order valence-corrected chi connectivity index (χ2v) is 7.98. The van der Waals surface area contributed by atoms with Crippen molar-refractivity contribution in [3.63, 3.8) is 0 Å². The molecule has 0 aliphatic rings. The maximum Gasteiger partial charge on any atom is 0.204 e. The summed E-state index contributed by atoms with van der Waals surface area (Å²) >= 11 is 1.75. The Morgan fingerprint density at radius 2 is 1.66 bits per heavy atom. The first-order valence-electron chi connectivity index (χ1n) is 9.78. The van der Waals surface area contributed by atoms with Crippen LogP contribution in [0.2, 0.25) is 0 Å². The van der Waals surface area contributed by atoms with Crippen molar-refractivity contribution in [2.45, 2.75) is 12.2 Å². The maximum atomic E-state index is 5.77. The molecule has 3 rings (SSSR count). The van der Waals surface area contributed by atoms with E-state index in [1.165, 1.54) is 0 Å². The van der Waals surface area contributed by atoms with E-state index in [1.54, 1.807) is 18.0 Å². The molecule has 1 aromatic heterocycles. The summed E-state index contributed by atoms with van der Waals surface area (Å²) in [5.74, 6) is 4.12. The van der Waals surface area contributed by atoms with Crippen LogP contribution >= 0.6 is 11.8 Å². The molecule has 2 aromatic carbocycles. The van der Waals surface area contributed by atoms with E-state index in [4.69, 9.17) is 13.9 Å². The highest BCUT2D eigenvalue weighted by Crippen LogP contribution is 2.23. The molecule has 29 heavy (non-hydrogen) atoms. The summed E-state index contributed by atoms with van der Waals surface area (Å²) in [5.41, 5.74) is 1.87. The zero-order valence-corrected chi connectivity index (χ0v) is 17.9. The number of hydrogen-bond donors (Lipinski definition) is 0. The van der Waals surface area contributed by atoms with Gasteiger partial charge < -0.3 is 18.8 Å². The van der Waals surface area contributed by atoms with Crippen LogP contribution in [0.15, 0.2) is 65.3 Å². The average Bonchev–Trinajstić information content (AvgIpc) is 3.21. The fraction of sp³-hybridized carbons (Fsp3) is 0.348. The number of benzene rings is 2. The van der Waals surface area contributed by atoms with Crippen molar-refractivity contribution < 1.29 is 13.9 Å². The van der Waals surface area contributed by atoms with Gasteiger partial charge in [0.1, 0.15) is 23.5 Å². The fourth-order valence-corrected chi connectivity index (χ4v) is 3.35. The Hall–Kier alpha value is -2.44. The van der Waals surface area contributed by atoms with Crippen LogP contribution in [-0.4, -0.2) is 49.5 Å². The lowest BCUT2D eigenvalue weighted by atomic mass is 10.2. The number of rotatable bonds is 12. The smallest absolute Gasteiger partial charge is 0.204 e. The van der Waals surface area contributed by atoms with Crippen molar-refractivity contribution in [1.82, 2.24) is 9.88 Å². The highest BCUT2D eigenvalue weighted by Gasteiger charge is 2.07. The van der Waals surface area contributed by atoms with E-state index < -0.39 is 0 Å². The Labute approximate surface area is 177 Å². The third kappa shape index (κ3) is 7.48. The normalized spacial score (nSPS) is 11.0. The molecule has 3 aromatic rings. The first-order chi connectivity index (χ1) is 14.2. The van der Waals surface area contributed by atoms with Crippen molar-refractivity contribution in [3.8, 4) is 22.8 Å². The number of hydrogen-bond acceptors (Lipinski definition) is 6. The maximum absolute atomic E-state index is 5.77. The molecular formula is C23H28N2O3S. The van der Waals surface area contributed by atoms with E-state index in [9.17, 15) is 0 Å². The second-order valence-electron chi connectivity index (χ2n) is 6.87. The van der Waals surface area contributed by atoms with Gasteiger partial charge in [-0.05, 0) is 56.9 Å². The predicted octanol–water partition coefficient (Wildman–Crippen LogP) is 4.98. The minimum absolute atomic E-state index is 0.665. The zero-order valence-electron chi connectivity index (χ0n) is 17.0. The molecule has 0 bridgehead atoms. The molecule has 0 amide bonds. The Balaban J connectivity index is 1.38. The Morgan fingerprint density at radius 3 is 2.41 bits per heavy atom. The summed E-state index contributed by atoms with van der Waals surface area (Å²) in [7, 11) is 4.13. The molecule has 0 saturated heterocycles. The highest BCUT2D eigenvalue weighted by atomic mass is 32.2. The van der Waals surface area contributed by atoms with Gasteiger partial charge in [-0.1, -0.05) is 18.2 Å². The Morgan fingerprint density at radius 1 is 0.931 bits per heavy atom. The van der Waals surface area contributed by atoms with Crippen molar-refractivity contribution in [3.05, 3.63) is 66.8 Å². The molecule has 0 aliphatic heterocycles. The monoisotopic (exact) mass is 412 g/mol. The molecular weight excluding hydrogens is 384 g/mol. The van der Waals surface area contributed by atoms with E-state index in [0.29, 0.717) is 6.61 Å². The van der Waals surface area contributed by atoms with Crippen molar-refractivity contribution in [1.29, 1.82) is 0 Å². The van der Waals surface area contributed by atoms with Gasteiger partial charge in [0, 0.05) is 17.9 Å². The largest absolute Gasteiger partial charge is 0.494 e. The quantitative estimate of drug-likeness (QED) is 0.391. The second kappa shape index (κ2) is 11.5. The van der Waals surface area contributed by atoms with Gasteiger partial charge in [-0.15, -0.1) is 11.8 Å². The van der Waals surface area contributed by atoms with E-state index in [1.807, 2.05) is 54.6 Å². The van der Waals surface area contributed by atoms with Crippen molar-refractivity contribution in [2.75, 3.05) is 39.6 Å². The van der Waals surface area contributed by atoms with E-state index in [-0.39, 0.29) is 0 Å². The number of ether oxygens (including phenoxy) is 2. The third-order valence-electron chi connectivity index (χ3n) is 4.19. The van der Waals surface area contributed by atoms with Crippen LogP contribution in [0.5, 0.6) is 11.5 Å². The van der Waals surface area contributed by atoms with Crippen LogP contribution in [0.25, 0.3) is 11.3 Å². The van der Waals surface area contributed by atoms with Gasteiger partial charge >= 0.3 is 0 Å². The number of oxazole rings is 1. The van der Waals surface area contributed by atoms with Crippen LogP contribution in [0.1, 0.15) is 12.3 Å². The predicted molar refractivity (Wildman–Crippen MR) is 119 cm³/mol. The summed E-state index contributed by atoms with van der Waals surface area (Å²) in [6.45, 7) is 2.41. The van der Waals surface area contributed by atoms with E-state index >= 15 is 0 Å². The van der Waals surface area contributed by atoms with Gasteiger partial charge in [0.25, 0.3) is 0 Å². The first-order valence-corrected chi connectivity index (χ1v) is 10.9. The number of nitrogens with zero attached hydrogens (tertiary/aromatic N) is 2. The van der Waals surface area contributed by atoms with Gasteiger partial charge in [0.05, 0.1) is 19.0 Å². The Bertz CT molecular complexity index is 835. The average molecular weight is 413 g/mol. The summed E-state index contributed by atoms with van der Waals surface area (Å²) in [6.07, 6.45) is 2.72. The molecule has 0 unspecified atom stereocenters. The molecule has 0 atom stereocenters. The zero-order chi connectivity index (χ0) is 20.3. The molecule has 154 valence electrons. The lowest BCUT2D eigenvalue weighted by Crippen LogP contribution is -2.15. The van der Waals surface area contributed by atoms with Gasteiger partial charge in [-0.2, -0.15) is 0 Å². The minimum atomic E-state index is 0.665. The number of para-hydroxylation sites is 1. The van der Waals surface area contributed by atoms with Crippen molar-refractivity contribution >= 4 is 11.8 Å². The Kier molecular flexibility index (Phi) is 8.46. The molecule has 0 spiro atoms. The van der Waals surface area contributed by atoms with Crippen LogP contribution < -0.4 is 9.47 Å². The van der Waals surface area contributed by atoms with Gasteiger partial charge in [-0.25, -0.2) is 4.98 Å². The molecule has 5 nitrogen and oxygen atoms in total. The summed E-state index contributed by atoms with van der Waals surface area (Å²) in [4.78, 5) is 6.74. The van der Waals surface area contributed by atoms with Crippen LogP contribution in [0.3, 0.4) is 0 Å². The van der Waals surface area contributed by atoms with Gasteiger partial charge in [0.15, 0.2) is 0 Å². The summed E-state index contributed by atoms with van der Waals surface area (Å²) < 4.78 is 17.1. The molecule has 0 aliphatic carbocycles. The van der Waals surface area contributed by atoms with E-state index in [2.05, 4.69) is 24.0 Å². The summed E-state index contributed by atoms with van der Waals surface area (Å²) in [5, 5.41) is 0. The molecule has 1 heterocycles. The lowest BCUT2D eigenvalue weighted by Gasteiger charge is -2.10. The first kappa shape index (κ1) is 21.3. The molecule has 0 radical (unpaired) electrons.